The zero-order chi connectivity index (χ0) is 17.1. The molecule has 6 nitrogen and oxygen atoms in total. The third-order valence-corrected chi connectivity index (χ3v) is 4.14. The van der Waals surface area contributed by atoms with Crippen LogP contribution in [0.3, 0.4) is 0 Å². The number of aliphatic hydroxyl groups excluding tert-OH is 1. The first-order chi connectivity index (χ1) is 11.5. The number of benzene rings is 1. The molecule has 2 heterocycles. The highest BCUT2D eigenvalue weighted by Gasteiger charge is 2.22. The van der Waals surface area contributed by atoms with Crippen LogP contribution in [0.1, 0.15) is 27.3 Å². The third kappa shape index (κ3) is 3.83. The molecular weight excluding hydrogens is 306 g/mol. The molecule has 6 heteroatoms. The van der Waals surface area contributed by atoms with Gasteiger partial charge in [-0.25, -0.2) is 0 Å². The van der Waals surface area contributed by atoms with Gasteiger partial charge in [-0.3, -0.25) is 9.48 Å². The largest absolute Gasteiger partial charge is 0.389 e. The number of carbonyl (C=O) groups excluding carboxylic acids is 1. The van der Waals surface area contributed by atoms with Crippen molar-refractivity contribution >= 4 is 5.91 Å². The van der Waals surface area contributed by atoms with Gasteiger partial charge >= 0.3 is 0 Å². The second-order valence-electron chi connectivity index (χ2n) is 6.27. The summed E-state index contributed by atoms with van der Waals surface area (Å²) in [6.45, 7) is 6.16. The molecule has 1 fully saturated rings. The highest BCUT2D eigenvalue weighted by molar-refractivity contribution is 5.94. The molecule has 0 saturated carbocycles. The number of hydrogen-bond acceptors (Lipinski definition) is 4. The Hall–Kier alpha value is -2.18. The molecule has 2 aromatic rings. The van der Waals surface area contributed by atoms with Crippen LogP contribution in [-0.4, -0.2) is 58.1 Å². The Labute approximate surface area is 141 Å². The van der Waals surface area contributed by atoms with E-state index in [4.69, 9.17) is 4.74 Å². The number of amides is 1. The standard InChI is InChI=1S/C18H23N3O3/c1-13-8-14(2)21(19-13)10-15-4-3-5-16(9-15)18(23)20-6-7-24-12-17(22)11-20/h3-5,8-9,17,22H,6-7,10-12H2,1-2H3/t17-/m0/s1. The second kappa shape index (κ2) is 7.15. The molecule has 0 unspecified atom stereocenters. The predicted octanol–water partition coefficient (Wildman–Crippen LogP) is 1.38. The zero-order valence-electron chi connectivity index (χ0n) is 14.1. The van der Waals surface area contributed by atoms with Gasteiger partial charge in [-0.15, -0.1) is 0 Å². The first-order valence-electron chi connectivity index (χ1n) is 8.18. The Morgan fingerprint density at radius 3 is 2.96 bits per heavy atom. The minimum Gasteiger partial charge on any atom is -0.389 e. The Bertz CT molecular complexity index is 726. The van der Waals surface area contributed by atoms with Crippen LogP contribution in [0.25, 0.3) is 0 Å². The van der Waals surface area contributed by atoms with Gasteiger partial charge in [-0.2, -0.15) is 5.10 Å². The van der Waals surface area contributed by atoms with E-state index in [-0.39, 0.29) is 12.5 Å². The summed E-state index contributed by atoms with van der Waals surface area (Å²) in [7, 11) is 0. The quantitative estimate of drug-likeness (QED) is 0.924. The van der Waals surface area contributed by atoms with E-state index in [1.54, 1.807) is 4.90 Å². The highest BCUT2D eigenvalue weighted by Crippen LogP contribution is 2.13. The first-order valence-corrected chi connectivity index (χ1v) is 8.18. The molecule has 1 amide bonds. The number of nitrogens with zero attached hydrogens (tertiary/aromatic N) is 3. The summed E-state index contributed by atoms with van der Waals surface area (Å²) in [5.74, 6) is -0.0743. The number of aromatic nitrogens is 2. The van der Waals surface area contributed by atoms with Crippen molar-refractivity contribution in [2.75, 3.05) is 26.3 Å². The number of rotatable bonds is 3. The van der Waals surface area contributed by atoms with E-state index in [0.717, 1.165) is 17.0 Å². The van der Waals surface area contributed by atoms with Crippen LogP contribution in [0, 0.1) is 13.8 Å². The first kappa shape index (κ1) is 16.7. The number of aryl methyl sites for hydroxylation is 2. The summed E-state index contributed by atoms with van der Waals surface area (Å²) in [5, 5.41) is 14.3. The lowest BCUT2D eigenvalue weighted by atomic mass is 10.1. The maximum absolute atomic E-state index is 12.7. The molecule has 0 radical (unpaired) electrons. The Morgan fingerprint density at radius 1 is 1.38 bits per heavy atom. The molecule has 24 heavy (non-hydrogen) atoms. The smallest absolute Gasteiger partial charge is 0.254 e. The summed E-state index contributed by atoms with van der Waals surface area (Å²) in [5.41, 5.74) is 3.73. The lowest BCUT2D eigenvalue weighted by molar-refractivity contribution is 0.0534. The van der Waals surface area contributed by atoms with Crippen molar-refractivity contribution in [3.05, 3.63) is 52.8 Å². The van der Waals surface area contributed by atoms with Crippen molar-refractivity contribution in [1.29, 1.82) is 0 Å². The Morgan fingerprint density at radius 2 is 2.21 bits per heavy atom. The molecule has 1 saturated heterocycles. The Kier molecular flexibility index (Phi) is 4.97. The molecule has 1 N–H and O–H groups in total. The van der Waals surface area contributed by atoms with Gasteiger partial charge in [0.05, 0.1) is 31.6 Å². The zero-order valence-corrected chi connectivity index (χ0v) is 14.1. The van der Waals surface area contributed by atoms with Crippen molar-refractivity contribution in [1.82, 2.24) is 14.7 Å². The third-order valence-electron chi connectivity index (χ3n) is 4.14. The topological polar surface area (TPSA) is 67.6 Å². The van der Waals surface area contributed by atoms with Crippen molar-refractivity contribution in [2.45, 2.75) is 26.5 Å². The van der Waals surface area contributed by atoms with Gasteiger partial charge in [0.25, 0.3) is 5.91 Å². The van der Waals surface area contributed by atoms with Crippen LogP contribution < -0.4 is 0 Å². The predicted molar refractivity (Wildman–Crippen MR) is 90.0 cm³/mol. The van der Waals surface area contributed by atoms with Gasteiger partial charge in [0.2, 0.25) is 0 Å². The summed E-state index contributed by atoms with van der Waals surface area (Å²) < 4.78 is 7.22. The van der Waals surface area contributed by atoms with E-state index >= 15 is 0 Å². The van der Waals surface area contributed by atoms with E-state index in [1.807, 2.05) is 48.9 Å². The van der Waals surface area contributed by atoms with Gasteiger partial charge in [0.15, 0.2) is 0 Å². The maximum atomic E-state index is 12.7. The number of β-amino-alcohol motifs (C(OH)–C–C–N with tert-alkyl or cyclic N) is 1. The number of carbonyl (C=O) groups is 1. The molecule has 0 spiro atoms. The molecular formula is C18H23N3O3. The van der Waals surface area contributed by atoms with E-state index < -0.39 is 6.10 Å². The lowest BCUT2D eigenvalue weighted by Gasteiger charge is -2.21. The minimum atomic E-state index is -0.630. The maximum Gasteiger partial charge on any atom is 0.254 e. The molecule has 1 aliphatic rings. The van der Waals surface area contributed by atoms with Crippen molar-refractivity contribution in [3.63, 3.8) is 0 Å². The van der Waals surface area contributed by atoms with Crippen LogP contribution in [0.4, 0.5) is 0 Å². The average molecular weight is 329 g/mol. The Balaban J connectivity index is 1.77. The van der Waals surface area contributed by atoms with Gasteiger partial charge < -0.3 is 14.7 Å². The van der Waals surface area contributed by atoms with Gasteiger partial charge in [0.1, 0.15) is 0 Å². The number of hydrogen-bond donors (Lipinski definition) is 1. The van der Waals surface area contributed by atoms with Crippen molar-refractivity contribution in [3.8, 4) is 0 Å². The fourth-order valence-corrected chi connectivity index (χ4v) is 2.97. The van der Waals surface area contributed by atoms with Crippen LogP contribution in [0.15, 0.2) is 30.3 Å². The molecule has 1 atom stereocenters. The number of ether oxygens (including phenoxy) is 1. The van der Waals surface area contributed by atoms with E-state index in [2.05, 4.69) is 5.10 Å². The lowest BCUT2D eigenvalue weighted by Crippen LogP contribution is -2.37. The summed E-state index contributed by atoms with van der Waals surface area (Å²) in [6, 6.07) is 9.63. The molecule has 1 aromatic carbocycles. The molecule has 3 rings (SSSR count). The fourth-order valence-electron chi connectivity index (χ4n) is 2.97. The minimum absolute atomic E-state index is 0.0743. The highest BCUT2D eigenvalue weighted by atomic mass is 16.5. The fraction of sp³-hybridized carbons (Fsp3) is 0.444. The van der Waals surface area contributed by atoms with Crippen LogP contribution in [-0.2, 0) is 11.3 Å². The monoisotopic (exact) mass is 329 g/mol. The average Bonchev–Trinajstić information content (AvgIpc) is 2.74. The number of aliphatic hydroxyl groups is 1. The van der Waals surface area contributed by atoms with Gasteiger partial charge in [-0.05, 0) is 37.6 Å². The van der Waals surface area contributed by atoms with Crippen molar-refractivity contribution < 1.29 is 14.6 Å². The van der Waals surface area contributed by atoms with Crippen LogP contribution in [0.2, 0.25) is 0 Å². The summed E-state index contributed by atoms with van der Waals surface area (Å²) in [6.07, 6.45) is -0.630. The van der Waals surface area contributed by atoms with E-state index in [1.165, 1.54) is 0 Å². The van der Waals surface area contributed by atoms with Crippen LogP contribution >= 0.6 is 0 Å². The van der Waals surface area contributed by atoms with E-state index in [9.17, 15) is 9.90 Å². The summed E-state index contributed by atoms with van der Waals surface area (Å²) in [4.78, 5) is 14.4. The molecule has 0 aliphatic carbocycles. The molecule has 1 aromatic heterocycles. The van der Waals surface area contributed by atoms with E-state index in [0.29, 0.717) is 31.8 Å². The molecule has 1 aliphatic heterocycles. The van der Waals surface area contributed by atoms with Crippen molar-refractivity contribution in [2.24, 2.45) is 0 Å². The SMILES string of the molecule is Cc1cc(C)n(Cc2cccc(C(=O)N3CCOC[C@@H](O)C3)c2)n1. The normalized spacial score (nSPS) is 18.5. The summed E-state index contributed by atoms with van der Waals surface area (Å²) >= 11 is 0. The van der Waals surface area contributed by atoms with Gasteiger partial charge in [0, 0.05) is 24.3 Å². The second-order valence-corrected chi connectivity index (χ2v) is 6.27. The molecule has 0 bridgehead atoms. The van der Waals surface area contributed by atoms with Gasteiger partial charge in [-0.1, -0.05) is 12.1 Å². The van der Waals surface area contributed by atoms with Crippen LogP contribution in [0.5, 0.6) is 0 Å². The molecule has 128 valence electrons.